The van der Waals surface area contributed by atoms with Crippen molar-refractivity contribution < 1.29 is 4.79 Å². The molecule has 0 aliphatic heterocycles. The van der Waals surface area contributed by atoms with Crippen LogP contribution in [0.4, 0.5) is 5.69 Å². The zero-order valence-electron chi connectivity index (χ0n) is 10.4. The van der Waals surface area contributed by atoms with Crippen molar-refractivity contribution in [3.8, 4) is 0 Å². The minimum atomic E-state index is -0.835. The first-order valence-electron chi connectivity index (χ1n) is 5.52. The van der Waals surface area contributed by atoms with Crippen LogP contribution < -0.4 is 10.6 Å². The van der Waals surface area contributed by atoms with Gasteiger partial charge in [0, 0.05) is 12.7 Å². The molecule has 0 heterocycles. The molecule has 3 heteroatoms. The number of anilines is 1. The van der Waals surface area contributed by atoms with E-state index in [2.05, 4.69) is 6.92 Å². The van der Waals surface area contributed by atoms with Crippen LogP contribution in [0.3, 0.4) is 0 Å². The summed E-state index contributed by atoms with van der Waals surface area (Å²) >= 11 is 0. The summed E-state index contributed by atoms with van der Waals surface area (Å²) in [6.45, 7) is 5.53. The maximum absolute atomic E-state index is 11.9. The van der Waals surface area contributed by atoms with Gasteiger partial charge in [0.1, 0.15) is 0 Å². The number of nitrogens with two attached hydrogens (primary N) is 1. The van der Waals surface area contributed by atoms with Gasteiger partial charge < -0.3 is 10.6 Å². The summed E-state index contributed by atoms with van der Waals surface area (Å²) < 4.78 is 0. The van der Waals surface area contributed by atoms with Gasteiger partial charge in [0.15, 0.2) is 0 Å². The van der Waals surface area contributed by atoms with E-state index in [9.17, 15) is 4.79 Å². The Morgan fingerprint density at radius 2 is 1.81 bits per heavy atom. The van der Waals surface area contributed by atoms with Crippen molar-refractivity contribution in [1.29, 1.82) is 0 Å². The predicted molar refractivity (Wildman–Crippen MR) is 67.5 cm³/mol. The third-order valence-electron chi connectivity index (χ3n) is 2.59. The first-order chi connectivity index (χ1) is 7.36. The molecule has 0 aromatic heterocycles. The summed E-state index contributed by atoms with van der Waals surface area (Å²) in [5, 5.41) is 0. The number of aryl methyl sites for hydroxylation is 1. The molecule has 1 amide bonds. The molecule has 0 bridgehead atoms. The first kappa shape index (κ1) is 12.7. The SMILES string of the molecule is CCc1ccc(N(C)C(=O)C(C)(C)N)cc1. The zero-order chi connectivity index (χ0) is 12.3. The van der Waals surface area contributed by atoms with Crippen LogP contribution in [0.2, 0.25) is 0 Å². The van der Waals surface area contributed by atoms with Crippen molar-refractivity contribution in [3.63, 3.8) is 0 Å². The van der Waals surface area contributed by atoms with Gasteiger partial charge in [-0.05, 0) is 38.0 Å². The third kappa shape index (κ3) is 2.83. The van der Waals surface area contributed by atoms with Gasteiger partial charge in [-0.15, -0.1) is 0 Å². The van der Waals surface area contributed by atoms with Gasteiger partial charge in [0.05, 0.1) is 5.54 Å². The van der Waals surface area contributed by atoms with E-state index in [1.807, 2.05) is 24.3 Å². The summed E-state index contributed by atoms with van der Waals surface area (Å²) in [5.41, 5.74) is 7.08. The Bertz CT molecular complexity index is 363. The highest BCUT2D eigenvalue weighted by Gasteiger charge is 2.26. The van der Waals surface area contributed by atoms with Crippen molar-refractivity contribution in [2.75, 3.05) is 11.9 Å². The minimum Gasteiger partial charge on any atom is -0.318 e. The number of carbonyl (C=O) groups excluding carboxylic acids is 1. The van der Waals surface area contributed by atoms with Gasteiger partial charge in [-0.1, -0.05) is 19.1 Å². The number of carbonyl (C=O) groups is 1. The monoisotopic (exact) mass is 220 g/mol. The number of rotatable bonds is 3. The summed E-state index contributed by atoms with van der Waals surface area (Å²) in [6, 6.07) is 7.95. The van der Waals surface area contributed by atoms with E-state index in [1.54, 1.807) is 25.8 Å². The molecule has 0 radical (unpaired) electrons. The molecule has 0 aliphatic rings. The second kappa shape index (κ2) is 4.66. The van der Waals surface area contributed by atoms with Gasteiger partial charge in [-0.2, -0.15) is 0 Å². The van der Waals surface area contributed by atoms with E-state index < -0.39 is 5.54 Å². The molecule has 0 unspecified atom stereocenters. The average molecular weight is 220 g/mol. The van der Waals surface area contributed by atoms with Crippen molar-refractivity contribution >= 4 is 11.6 Å². The number of likely N-dealkylation sites (N-methyl/N-ethyl adjacent to an activating group) is 1. The molecule has 16 heavy (non-hydrogen) atoms. The largest absolute Gasteiger partial charge is 0.318 e. The van der Waals surface area contributed by atoms with Gasteiger partial charge in [0.25, 0.3) is 0 Å². The fourth-order valence-corrected chi connectivity index (χ4v) is 1.50. The van der Waals surface area contributed by atoms with Crippen molar-refractivity contribution in [3.05, 3.63) is 29.8 Å². The highest BCUT2D eigenvalue weighted by atomic mass is 16.2. The van der Waals surface area contributed by atoms with Crippen LogP contribution in [0.5, 0.6) is 0 Å². The Labute approximate surface area is 97.2 Å². The molecule has 1 rings (SSSR count). The molecule has 0 fully saturated rings. The van der Waals surface area contributed by atoms with E-state index in [-0.39, 0.29) is 5.91 Å². The minimum absolute atomic E-state index is 0.0863. The van der Waals surface area contributed by atoms with Crippen LogP contribution in [0.15, 0.2) is 24.3 Å². The lowest BCUT2D eigenvalue weighted by Crippen LogP contribution is -2.49. The number of nitrogens with zero attached hydrogens (tertiary/aromatic N) is 1. The Morgan fingerprint density at radius 3 is 2.19 bits per heavy atom. The fourth-order valence-electron chi connectivity index (χ4n) is 1.50. The smallest absolute Gasteiger partial charge is 0.246 e. The lowest BCUT2D eigenvalue weighted by molar-refractivity contribution is -0.122. The molecule has 1 aromatic rings. The molecule has 0 atom stereocenters. The second-order valence-corrected chi connectivity index (χ2v) is 4.61. The highest BCUT2D eigenvalue weighted by Crippen LogP contribution is 2.16. The normalized spacial score (nSPS) is 11.3. The van der Waals surface area contributed by atoms with Crippen LogP contribution in [-0.4, -0.2) is 18.5 Å². The van der Waals surface area contributed by atoms with E-state index in [1.165, 1.54) is 5.56 Å². The Morgan fingerprint density at radius 1 is 1.31 bits per heavy atom. The summed E-state index contributed by atoms with van der Waals surface area (Å²) in [7, 11) is 1.75. The van der Waals surface area contributed by atoms with Crippen molar-refractivity contribution in [2.24, 2.45) is 5.73 Å². The molecular formula is C13H20N2O. The summed E-state index contributed by atoms with van der Waals surface area (Å²) in [4.78, 5) is 13.5. The van der Waals surface area contributed by atoms with Crippen molar-refractivity contribution in [1.82, 2.24) is 0 Å². The van der Waals surface area contributed by atoms with Crippen LogP contribution >= 0.6 is 0 Å². The molecule has 1 aromatic carbocycles. The lowest BCUT2D eigenvalue weighted by Gasteiger charge is -2.26. The van der Waals surface area contributed by atoms with Crippen molar-refractivity contribution in [2.45, 2.75) is 32.7 Å². The molecule has 2 N–H and O–H groups in total. The first-order valence-corrected chi connectivity index (χ1v) is 5.52. The van der Waals surface area contributed by atoms with E-state index in [0.29, 0.717) is 0 Å². The van der Waals surface area contributed by atoms with Gasteiger partial charge in [-0.3, -0.25) is 4.79 Å². The maximum Gasteiger partial charge on any atom is 0.246 e. The Balaban J connectivity index is 2.88. The quantitative estimate of drug-likeness (QED) is 0.846. The van der Waals surface area contributed by atoms with E-state index in [4.69, 9.17) is 5.73 Å². The van der Waals surface area contributed by atoms with Crippen LogP contribution in [-0.2, 0) is 11.2 Å². The maximum atomic E-state index is 11.9. The standard InChI is InChI=1S/C13H20N2O/c1-5-10-6-8-11(9-7-10)15(4)12(16)13(2,3)14/h6-9H,5,14H2,1-4H3. The summed E-state index contributed by atoms with van der Waals surface area (Å²) in [5.74, 6) is -0.0863. The third-order valence-corrected chi connectivity index (χ3v) is 2.59. The number of amides is 1. The van der Waals surface area contributed by atoms with Crippen LogP contribution in [0.25, 0.3) is 0 Å². The molecule has 0 aliphatic carbocycles. The van der Waals surface area contributed by atoms with Gasteiger partial charge in [-0.25, -0.2) is 0 Å². The second-order valence-electron chi connectivity index (χ2n) is 4.61. The molecule has 3 nitrogen and oxygen atoms in total. The van der Waals surface area contributed by atoms with Gasteiger partial charge >= 0.3 is 0 Å². The van der Waals surface area contributed by atoms with E-state index >= 15 is 0 Å². The van der Waals surface area contributed by atoms with Crippen LogP contribution in [0, 0.1) is 0 Å². The molecule has 0 saturated heterocycles. The highest BCUT2D eigenvalue weighted by molar-refractivity contribution is 5.99. The Kier molecular flexibility index (Phi) is 3.70. The molecule has 0 spiro atoms. The molecular weight excluding hydrogens is 200 g/mol. The topological polar surface area (TPSA) is 46.3 Å². The molecule has 88 valence electrons. The average Bonchev–Trinajstić information content (AvgIpc) is 2.26. The predicted octanol–water partition coefficient (Wildman–Crippen LogP) is 1.95. The fraction of sp³-hybridized carbons (Fsp3) is 0.462. The number of hydrogen-bond donors (Lipinski definition) is 1. The Hall–Kier alpha value is -1.35. The van der Waals surface area contributed by atoms with Gasteiger partial charge in [0.2, 0.25) is 5.91 Å². The lowest BCUT2D eigenvalue weighted by atomic mass is 10.0. The number of benzene rings is 1. The number of hydrogen-bond acceptors (Lipinski definition) is 2. The molecule has 0 saturated carbocycles. The van der Waals surface area contributed by atoms with E-state index in [0.717, 1.165) is 12.1 Å². The van der Waals surface area contributed by atoms with Crippen LogP contribution in [0.1, 0.15) is 26.3 Å². The summed E-state index contributed by atoms with van der Waals surface area (Å²) in [6.07, 6.45) is 1.00. The zero-order valence-corrected chi connectivity index (χ0v) is 10.4.